The average molecular weight is 231 g/mol. The molecule has 3 rings (SSSR count). The molecule has 0 saturated carbocycles. The second-order valence-electron chi connectivity index (χ2n) is 5.21. The van der Waals surface area contributed by atoms with E-state index in [2.05, 4.69) is 0 Å². The van der Waals surface area contributed by atoms with Crippen LogP contribution in [0.1, 0.15) is 44.9 Å². The first kappa shape index (κ1) is 10.9. The van der Waals surface area contributed by atoms with Gasteiger partial charge in [-0.15, -0.1) is 0 Å². The molecule has 0 amide bonds. The SMILES string of the molecule is NC1CCCC2=C1C(=O)C1=C(CCCC1)C2=O. The van der Waals surface area contributed by atoms with Gasteiger partial charge in [0.1, 0.15) is 0 Å². The fraction of sp³-hybridized carbons (Fsp3) is 0.571. The molecule has 3 heteroatoms. The Morgan fingerprint density at radius 3 is 2.12 bits per heavy atom. The third-order valence-electron chi connectivity index (χ3n) is 4.17. The van der Waals surface area contributed by atoms with Gasteiger partial charge in [0.05, 0.1) is 0 Å². The summed E-state index contributed by atoms with van der Waals surface area (Å²) in [7, 11) is 0. The standard InChI is InChI=1S/C14H17NO2/c15-11-7-3-6-10-12(11)14(17)9-5-2-1-4-8(9)13(10)16/h11H,1-7,15H2. The Kier molecular flexibility index (Phi) is 2.51. The number of carbonyl (C=O) groups is 2. The molecule has 0 spiro atoms. The van der Waals surface area contributed by atoms with E-state index in [0.717, 1.165) is 61.7 Å². The molecular weight excluding hydrogens is 214 g/mol. The molecule has 2 N–H and O–H groups in total. The Labute approximate surface area is 101 Å². The van der Waals surface area contributed by atoms with Crippen LogP contribution in [0.3, 0.4) is 0 Å². The highest BCUT2D eigenvalue weighted by molar-refractivity contribution is 6.25. The van der Waals surface area contributed by atoms with Crippen LogP contribution in [0.5, 0.6) is 0 Å². The number of ketones is 2. The molecule has 0 aromatic carbocycles. The van der Waals surface area contributed by atoms with Crippen LogP contribution in [0.4, 0.5) is 0 Å². The second-order valence-corrected chi connectivity index (χ2v) is 5.21. The largest absolute Gasteiger partial charge is 0.324 e. The third-order valence-corrected chi connectivity index (χ3v) is 4.17. The quantitative estimate of drug-likeness (QED) is 0.647. The summed E-state index contributed by atoms with van der Waals surface area (Å²) in [4.78, 5) is 24.8. The molecule has 3 nitrogen and oxygen atoms in total. The lowest BCUT2D eigenvalue weighted by Crippen LogP contribution is -2.38. The maximum Gasteiger partial charge on any atom is 0.187 e. The summed E-state index contributed by atoms with van der Waals surface area (Å²) in [6, 6.07) is -0.217. The van der Waals surface area contributed by atoms with Crippen molar-refractivity contribution in [1.29, 1.82) is 0 Å². The molecule has 0 aromatic rings. The Balaban J connectivity index is 2.10. The van der Waals surface area contributed by atoms with Crippen LogP contribution in [0.2, 0.25) is 0 Å². The van der Waals surface area contributed by atoms with E-state index in [9.17, 15) is 9.59 Å². The molecule has 0 bridgehead atoms. The van der Waals surface area contributed by atoms with E-state index in [4.69, 9.17) is 5.73 Å². The monoisotopic (exact) mass is 231 g/mol. The average Bonchev–Trinajstić information content (AvgIpc) is 2.36. The maximum atomic E-state index is 12.4. The lowest BCUT2D eigenvalue weighted by molar-refractivity contribution is -0.117. The van der Waals surface area contributed by atoms with Crippen molar-refractivity contribution in [3.63, 3.8) is 0 Å². The van der Waals surface area contributed by atoms with E-state index in [1.807, 2.05) is 0 Å². The maximum absolute atomic E-state index is 12.4. The minimum atomic E-state index is -0.217. The Morgan fingerprint density at radius 2 is 1.41 bits per heavy atom. The zero-order valence-electron chi connectivity index (χ0n) is 9.92. The summed E-state index contributed by atoms with van der Waals surface area (Å²) < 4.78 is 0. The summed E-state index contributed by atoms with van der Waals surface area (Å²) >= 11 is 0. The van der Waals surface area contributed by atoms with Crippen molar-refractivity contribution >= 4 is 11.6 Å². The molecule has 0 fully saturated rings. The van der Waals surface area contributed by atoms with E-state index in [0.29, 0.717) is 5.57 Å². The number of rotatable bonds is 0. The molecule has 0 saturated heterocycles. The molecule has 0 radical (unpaired) electrons. The van der Waals surface area contributed by atoms with E-state index in [1.54, 1.807) is 0 Å². The van der Waals surface area contributed by atoms with Crippen LogP contribution in [-0.2, 0) is 9.59 Å². The van der Waals surface area contributed by atoms with Crippen molar-refractivity contribution in [2.45, 2.75) is 51.0 Å². The van der Waals surface area contributed by atoms with Crippen molar-refractivity contribution in [2.24, 2.45) is 5.73 Å². The van der Waals surface area contributed by atoms with E-state index < -0.39 is 0 Å². The van der Waals surface area contributed by atoms with Crippen molar-refractivity contribution in [1.82, 2.24) is 0 Å². The predicted octanol–water partition coefficient (Wildman–Crippen LogP) is 1.82. The van der Waals surface area contributed by atoms with Crippen LogP contribution in [0.25, 0.3) is 0 Å². The Bertz CT molecular complexity index is 471. The topological polar surface area (TPSA) is 60.2 Å². The summed E-state index contributed by atoms with van der Waals surface area (Å²) in [6.45, 7) is 0. The molecule has 0 aliphatic heterocycles. The number of hydrogen-bond acceptors (Lipinski definition) is 3. The zero-order chi connectivity index (χ0) is 12.0. The summed E-state index contributed by atoms with van der Waals surface area (Å²) in [6.07, 6.45) is 6.12. The molecule has 1 atom stereocenters. The summed E-state index contributed by atoms with van der Waals surface area (Å²) in [5, 5.41) is 0. The van der Waals surface area contributed by atoms with Gasteiger partial charge in [0.25, 0.3) is 0 Å². The molecule has 90 valence electrons. The first-order valence-corrected chi connectivity index (χ1v) is 6.50. The highest BCUT2D eigenvalue weighted by Gasteiger charge is 2.38. The van der Waals surface area contributed by atoms with Gasteiger partial charge < -0.3 is 5.73 Å². The molecule has 3 aliphatic carbocycles. The van der Waals surface area contributed by atoms with Gasteiger partial charge in [0.15, 0.2) is 11.6 Å². The van der Waals surface area contributed by atoms with Gasteiger partial charge >= 0.3 is 0 Å². The molecule has 0 aromatic heterocycles. The van der Waals surface area contributed by atoms with Crippen LogP contribution < -0.4 is 5.73 Å². The molecule has 17 heavy (non-hydrogen) atoms. The second kappa shape index (κ2) is 3.91. The van der Waals surface area contributed by atoms with Gasteiger partial charge in [-0.25, -0.2) is 0 Å². The highest BCUT2D eigenvalue weighted by atomic mass is 16.1. The molecule has 0 heterocycles. The number of hydrogen-bond donors (Lipinski definition) is 1. The zero-order valence-corrected chi connectivity index (χ0v) is 9.92. The number of carbonyl (C=O) groups excluding carboxylic acids is 2. The fourth-order valence-corrected chi connectivity index (χ4v) is 3.29. The predicted molar refractivity (Wildman–Crippen MR) is 64.4 cm³/mol. The molecule has 3 aliphatic rings. The van der Waals surface area contributed by atoms with Gasteiger partial charge in [-0.2, -0.15) is 0 Å². The van der Waals surface area contributed by atoms with Gasteiger partial charge in [-0.3, -0.25) is 9.59 Å². The Morgan fingerprint density at radius 1 is 0.824 bits per heavy atom. The third kappa shape index (κ3) is 1.53. The normalized spacial score (nSPS) is 29.4. The van der Waals surface area contributed by atoms with Gasteiger partial charge in [-0.05, 0) is 44.9 Å². The minimum absolute atomic E-state index is 0.0847. The van der Waals surface area contributed by atoms with Crippen molar-refractivity contribution < 1.29 is 9.59 Å². The molecule has 1 unspecified atom stereocenters. The van der Waals surface area contributed by atoms with Crippen LogP contribution in [-0.4, -0.2) is 17.6 Å². The number of allylic oxidation sites excluding steroid dienone is 3. The lowest BCUT2D eigenvalue weighted by atomic mass is 9.72. The minimum Gasteiger partial charge on any atom is -0.324 e. The lowest BCUT2D eigenvalue weighted by Gasteiger charge is -2.32. The summed E-state index contributed by atoms with van der Waals surface area (Å²) in [5.41, 5.74) is 8.96. The Hall–Kier alpha value is -1.22. The molecular formula is C14H17NO2. The number of Topliss-reactive ketones (excluding diaryl/α,β-unsaturated/α-hetero) is 2. The van der Waals surface area contributed by atoms with E-state index in [-0.39, 0.29) is 17.6 Å². The van der Waals surface area contributed by atoms with Gasteiger partial charge in [0.2, 0.25) is 0 Å². The number of nitrogens with two attached hydrogens (primary N) is 1. The van der Waals surface area contributed by atoms with Gasteiger partial charge in [-0.1, -0.05) is 0 Å². The van der Waals surface area contributed by atoms with Crippen LogP contribution >= 0.6 is 0 Å². The van der Waals surface area contributed by atoms with Crippen LogP contribution in [0.15, 0.2) is 22.3 Å². The first-order chi connectivity index (χ1) is 8.20. The van der Waals surface area contributed by atoms with Gasteiger partial charge in [0, 0.05) is 28.3 Å². The highest BCUT2D eigenvalue weighted by Crippen LogP contribution is 2.39. The van der Waals surface area contributed by atoms with Crippen LogP contribution in [0, 0.1) is 0 Å². The van der Waals surface area contributed by atoms with E-state index >= 15 is 0 Å². The summed E-state index contributed by atoms with van der Waals surface area (Å²) in [5.74, 6) is 0.214. The van der Waals surface area contributed by atoms with Crippen molar-refractivity contribution in [3.8, 4) is 0 Å². The first-order valence-electron chi connectivity index (χ1n) is 6.50. The van der Waals surface area contributed by atoms with Crippen molar-refractivity contribution in [2.75, 3.05) is 0 Å². The smallest absolute Gasteiger partial charge is 0.187 e. The van der Waals surface area contributed by atoms with Crippen molar-refractivity contribution in [3.05, 3.63) is 22.3 Å². The van der Waals surface area contributed by atoms with E-state index in [1.165, 1.54) is 0 Å². The fourth-order valence-electron chi connectivity index (χ4n) is 3.29.